The van der Waals surface area contributed by atoms with Gasteiger partial charge in [-0.1, -0.05) is 6.92 Å². The molecule has 1 rings (SSSR count). The van der Waals surface area contributed by atoms with Gasteiger partial charge in [-0.3, -0.25) is 0 Å². The largest absolute Gasteiger partial charge is 0.397 e. The van der Waals surface area contributed by atoms with Crippen LogP contribution in [0.2, 0.25) is 0 Å². The lowest BCUT2D eigenvalue weighted by Gasteiger charge is -2.20. The minimum Gasteiger partial charge on any atom is -0.397 e. The number of nitrogens with one attached hydrogen (secondary N) is 1. The lowest BCUT2D eigenvalue weighted by atomic mass is 10.2. The highest BCUT2D eigenvalue weighted by Gasteiger charge is 2.15. The van der Waals surface area contributed by atoms with Crippen LogP contribution in [-0.2, 0) is 10.0 Å². The fraction of sp³-hybridized carbons (Fsp3) is 0.417. The number of nitrogen functional groups attached to an aromatic ring is 1. The van der Waals surface area contributed by atoms with Crippen LogP contribution in [0, 0.1) is 11.3 Å². The normalized spacial score (nSPS) is 11.0. The fourth-order valence-corrected chi connectivity index (χ4v) is 2.69. The van der Waals surface area contributed by atoms with E-state index in [0.717, 1.165) is 0 Å². The van der Waals surface area contributed by atoms with Gasteiger partial charge < -0.3 is 10.6 Å². The predicted octanol–water partition coefficient (Wildman–Crippen LogP) is 0.917. The number of anilines is 2. The van der Waals surface area contributed by atoms with Gasteiger partial charge in [0.15, 0.2) is 0 Å². The van der Waals surface area contributed by atoms with Gasteiger partial charge in [-0.15, -0.1) is 0 Å². The SMILES string of the molecule is CCNS(=O)(=O)c1ccc(N)c(N(C)CCC#N)c1. The van der Waals surface area contributed by atoms with Gasteiger partial charge in [-0.25, -0.2) is 13.1 Å². The third-order valence-electron chi connectivity index (χ3n) is 2.62. The van der Waals surface area contributed by atoms with Gasteiger partial charge in [0.05, 0.1) is 28.8 Å². The van der Waals surface area contributed by atoms with Gasteiger partial charge in [0.1, 0.15) is 0 Å². The molecule has 0 amide bonds. The molecule has 0 radical (unpaired) electrons. The predicted molar refractivity (Wildman–Crippen MR) is 75.2 cm³/mol. The van der Waals surface area contributed by atoms with E-state index in [9.17, 15) is 8.42 Å². The van der Waals surface area contributed by atoms with Crippen LogP contribution in [-0.4, -0.2) is 28.6 Å². The molecule has 0 saturated carbocycles. The summed E-state index contributed by atoms with van der Waals surface area (Å²) in [6.45, 7) is 2.53. The van der Waals surface area contributed by atoms with Gasteiger partial charge >= 0.3 is 0 Å². The average Bonchev–Trinajstić information content (AvgIpc) is 2.36. The maximum atomic E-state index is 11.9. The fourth-order valence-electron chi connectivity index (χ4n) is 1.63. The quantitative estimate of drug-likeness (QED) is 0.756. The van der Waals surface area contributed by atoms with E-state index in [0.29, 0.717) is 30.9 Å². The van der Waals surface area contributed by atoms with Crippen LogP contribution in [0.25, 0.3) is 0 Å². The summed E-state index contributed by atoms with van der Waals surface area (Å²) in [6.07, 6.45) is 0.347. The lowest BCUT2D eigenvalue weighted by Crippen LogP contribution is -2.24. The van der Waals surface area contributed by atoms with Crippen LogP contribution in [0.5, 0.6) is 0 Å². The van der Waals surface area contributed by atoms with E-state index in [1.807, 2.05) is 6.07 Å². The summed E-state index contributed by atoms with van der Waals surface area (Å²) in [7, 11) is -1.73. The highest BCUT2D eigenvalue weighted by atomic mass is 32.2. The van der Waals surface area contributed by atoms with Crippen molar-refractivity contribution in [2.45, 2.75) is 18.2 Å². The second kappa shape index (κ2) is 6.41. The standard InChI is InChI=1S/C12H18N4O2S/c1-3-15-19(17,18)10-5-6-11(14)12(9-10)16(2)8-4-7-13/h5-6,9,15H,3-4,8,14H2,1-2H3. The molecular weight excluding hydrogens is 264 g/mol. The summed E-state index contributed by atoms with van der Waals surface area (Å²) in [5.41, 5.74) is 6.93. The molecule has 3 N–H and O–H groups in total. The Balaban J connectivity index is 3.11. The zero-order chi connectivity index (χ0) is 14.5. The molecule has 0 aliphatic rings. The number of benzene rings is 1. The minimum absolute atomic E-state index is 0.169. The van der Waals surface area contributed by atoms with E-state index in [2.05, 4.69) is 4.72 Å². The number of nitrogens with two attached hydrogens (primary N) is 1. The van der Waals surface area contributed by atoms with Crippen molar-refractivity contribution in [2.24, 2.45) is 0 Å². The monoisotopic (exact) mass is 282 g/mol. The van der Waals surface area contributed by atoms with Gasteiger partial charge in [0, 0.05) is 20.1 Å². The molecule has 0 fully saturated rings. The molecule has 0 atom stereocenters. The van der Waals surface area contributed by atoms with E-state index in [4.69, 9.17) is 11.0 Å². The molecule has 0 aromatic heterocycles. The second-order valence-electron chi connectivity index (χ2n) is 4.05. The van der Waals surface area contributed by atoms with Crippen molar-refractivity contribution in [3.63, 3.8) is 0 Å². The van der Waals surface area contributed by atoms with Crippen molar-refractivity contribution >= 4 is 21.4 Å². The first kappa shape index (κ1) is 15.3. The van der Waals surface area contributed by atoms with E-state index in [1.165, 1.54) is 12.1 Å². The highest BCUT2D eigenvalue weighted by molar-refractivity contribution is 7.89. The highest BCUT2D eigenvalue weighted by Crippen LogP contribution is 2.25. The molecule has 6 nitrogen and oxygen atoms in total. The summed E-state index contributed by atoms with van der Waals surface area (Å²) in [5, 5.41) is 8.57. The smallest absolute Gasteiger partial charge is 0.240 e. The van der Waals surface area contributed by atoms with Crippen molar-refractivity contribution in [2.75, 3.05) is 30.8 Å². The van der Waals surface area contributed by atoms with Crippen LogP contribution >= 0.6 is 0 Å². The molecule has 0 unspecified atom stereocenters. The van der Waals surface area contributed by atoms with Gasteiger partial charge in [-0.2, -0.15) is 5.26 Å². The van der Waals surface area contributed by atoms with Crippen LogP contribution in [0.3, 0.4) is 0 Å². The van der Waals surface area contributed by atoms with E-state index >= 15 is 0 Å². The summed E-state index contributed by atoms with van der Waals surface area (Å²) in [5.74, 6) is 0. The van der Waals surface area contributed by atoms with Crippen LogP contribution in [0.15, 0.2) is 23.1 Å². The number of nitriles is 1. The van der Waals surface area contributed by atoms with Crippen molar-refractivity contribution < 1.29 is 8.42 Å². The molecule has 0 saturated heterocycles. The van der Waals surface area contributed by atoms with Crippen LogP contribution in [0.4, 0.5) is 11.4 Å². The maximum Gasteiger partial charge on any atom is 0.240 e. The lowest BCUT2D eigenvalue weighted by molar-refractivity contribution is 0.584. The van der Waals surface area contributed by atoms with E-state index in [1.54, 1.807) is 24.9 Å². The Labute approximate surface area is 113 Å². The number of sulfonamides is 1. The number of rotatable bonds is 6. The molecule has 0 spiro atoms. The molecule has 0 bridgehead atoms. The molecular formula is C12H18N4O2S. The van der Waals surface area contributed by atoms with Crippen molar-refractivity contribution in [3.8, 4) is 6.07 Å². The van der Waals surface area contributed by atoms with Gasteiger partial charge in [0.25, 0.3) is 0 Å². The van der Waals surface area contributed by atoms with Crippen molar-refractivity contribution in [1.82, 2.24) is 4.72 Å². The van der Waals surface area contributed by atoms with Crippen molar-refractivity contribution in [1.29, 1.82) is 5.26 Å². The van der Waals surface area contributed by atoms with Gasteiger partial charge in [-0.05, 0) is 18.2 Å². The minimum atomic E-state index is -3.50. The maximum absolute atomic E-state index is 11.9. The molecule has 0 heterocycles. The topological polar surface area (TPSA) is 99.2 Å². The zero-order valence-corrected chi connectivity index (χ0v) is 11.9. The molecule has 0 aliphatic carbocycles. The first-order valence-corrected chi connectivity index (χ1v) is 7.38. The van der Waals surface area contributed by atoms with Crippen LogP contribution < -0.4 is 15.4 Å². The Hall–Kier alpha value is -1.78. The second-order valence-corrected chi connectivity index (χ2v) is 5.82. The summed E-state index contributed by atoms with van der Waals surface area (Å²) >= 11 is 0. The first-order chi connectivity index (χ1) is 8.92. The molecule has 1 aromatic carbocycles. The molecule has 104 valence electrons. The summed E-state index contributed by atoms with van der Waals surface area (Å²) in [6, 6.07) is 6.58. The molecule has 7 heteroatoms. The van der Waals surface area contributed by atoms with Gasteiger partial charge in [0.2, 0.25) is 10.0 Å². The Morgan fingerprint density at radius 3 is 2.74 bits per heavy atom. The van der Waals surface area contributed by atoms with Crippen LogP contribution in [0.1, 0.15) is 13.3 Å². The Morgan fingerprint density at radius 2 is 2.16 bits per heavy atom. The molecule has 1 aromatic rings. The third kappa shape index (κ3) is 3.84. The Morgan fingerprint density at radius 1 is 1.47 bits per heavy atom. The first-order valence-electron chi connectivity index (χ1n) is 5.89. The number of hydrogen-bond donors (Lipinski definition) is 2. The summed E-state index contributed by atoms with van der Waals surface area (Å²) < 4.78 is 26.2. The number of nitrogens with zero attached hydrogens (tertiary/aromatic N) is 2. The molecule has 19 heavy (non-hydrogen) atoms. The van der Waals surface area contributed by atoms with Crippen molar-refractivity contribution in [3.05, 3.63) is 18.2 Å². The summed E-state index contributed by atoms with van der Waals surface area (Å²) in [4.78, 5) is 1.94. The average molecular weight is 282 g/mol. The third-order valence-corrected chi connectivity index (χ3v) is 4.16. The molecule has 0 aliphatic heterocycles. The zero-order valence-electron chi connectivity index (χ0n) is 11.0. The van der Waals surface area contributed by atoms with E-state index in [-0.39, 0.29) is 4.90 Å². The van der Waals surface area contributed by atoms with E-state index < -0.39 is 10.0 Å². The Bertz CT molecular complexity index is 578. The number of hydrogen-bond acceptors (Lipinski definition) is 5. The Kier molecular flexibility index (Phi) is 5.15.